The van der Waals surface area contributed by atoms with E-state index in [1.54, 1.807) is 13.8 Å². The third-order valence-corrected chi connectivity index (χ3v) is 3.67. The summed E-state index contributed by atoms with van der Waals surface area (Å²) in [6.07, 6.45) is 0.642. The number of hydrogen-bond acceptors (Lipinski definition) is 3. The Hall–Kier alpha value is -0.130. The highest BCUT2D eigenvalue weighted by Crippen LogP contribution is 2.19. The van der Waals surface area contributed by atoms with E-state index in [4.69, 9.17) is 5.73 Å². The van der Waals surface area contributed by atoms with E-state index in [2.05, 4.69) is 4.72 Å². The molecule has 0 radical (unpaired) electrons. The molecule has 0 aromatic carbocycles. The van der Waals surface area contributed by atoms with Crippen LogP contribution in [-0.4, -0.2) is 26.3 Å². The average molecular weight is 236 g/mol. The van der Waals surface area contributed by atoms with E-state index in [1.807, 2.05) is 20.8 Å². The number of sulfonamides is 1. The summed E-state index contributed by atoms with van der Waals surface area (Å²) in [6.45, 7) is 9.93. The fourth-order valence-electron chi connectivity index (χ4n) is 0.954. The van der Waals surface area contributed by atoms with Gasteiger partial charge in [-0.3, -0.25) is 0 Å². The highest BCUT2D eigenvalue weighted by Gasteiger charge is 2.24. The van der Waals surface area contributed by atoms with Crippen LogP contribution in [0.3, 0.4) is 0 Å². The van der Waals surface area contributed by atoms with E-state index in [-0.39, 0.29) is 11.2 Å². The fraction of sp³-hybridized carbons (Fsp3) is 1.00. The first kappa shape index (κ1) is 14.9. The zero-order valence-corrected chi connectivity index (χ0v) is 11.2. The minimum atomic E-state index is -3.21. The molecule has 0 atom stereocenters. The van der Waals surface area contributed by atoms with Crippen molar-refractivity contribution in [3.8, 4) is 0 Å². The third kappa shape index (κ3) is 7.76. The molecule has 0 heterocycles. The van der Waals surface area contributed by atoms with Gasteiger partial charge < -0.3 is 5.73 Å². The van der Waals surface area contributed by atoms with Crippen LogP contribution >= 0.6 is 0 Å². The summed E-state index contributed by atoms with van der Waals surface area (Å²) >= 11 is 0. The van der Waals surface area contributed by atoms with Crippen LogP contribution in [0, 0.1) is 5.41 Å². The van der Waals surface area contributed by atoms with Crippen molar-refractivity contribution >= 4 is 10.0 Å². The van der Waals surface area contributed by atoms with Gasteiger partial charge in [-0.2, -0.15) is 0 Å². The molecule has 0 aliphatic carbocycles. The molecule has 4 nitrogen and oxygen atoms in total. The number of hydrogen-bond donors (Lipinski definition) is 2. The first-order chi connectivity index (χ1) is 6.47. The van der Waals surface area contributed by atoms with Crippen LogP contribution in [0.1, 0.15) is 41.0 Å². The van der Waals surface area contributed by atoms with Gasteiger partial charge >= 0.3 is 0 Å². The smallest absolute Gasteiger partial charge is 0.212 e. The molecule has 5 heteroatoms. The summed E-state index contributed by atoms with van der Waals surface area (Å²) in [5, 5.41) is 0. The molecule has 0 rings (SSSR count). The Balaban J connectivity index is 4.34. The molecule has 0 fully saturated rings. The maximum Gasteiger partial charge on any atom is 0.212 e. The van der Waals surface area contributed by atoms with Gasteiger partial charge in [-0.25, -0.2) is 13.1 Å². The average Bonchev–Trinajstić information content (AvgIpc) is 1.98. The van der Waals surface area contributed by atoms with Crippen LogP contribution in [-0.2, 0) is 10.0 Å². The van der Waals surface area contributed by atoms with Gasteiger partial charge in [0.25, 0.3) is 0 Å². The van der Waals surface area contributed by atoms with Crippen molar-refractivity contribution in [2.75, 3.05) is 12.3 Å². The Morgan fingerprint density at radius 2 is 1.60 bits per heavy atom. The molecular weight excluding hydrogens is 212 g/mol. The van der Waals surface area contributed by atoms with E-state index in [9.17, 15) is 8.42 Å². The summed E-state index contributed by atoms with van der Waals surface area (Å²) in [4.78, 5) is 0. The van der Waals surface area contributed by atoms with E-state index < -0.39 is 15.6 Å². The maximum absolute atomic E-state index is 11.7. The minimum absolute atomic E-state index is 0.0294. The lowest BCUT2D eigenvalue weighted by atomic mass is 9.94. The lowest BCUT2D eigenvalue weighted by Gasteiger charge is -2.25. The maximum atomic E-state index is 11.7. The molecule has 0 unspecified atom stereocenters. The second-order valence-electron chi connectivity index (χ2n) is 5.82. The number of nitrogens with one attached hydrogen (secondary N) is 1. The van der Waals surface area contributed by atoms with Crippen molar-refractivity contribution in [2.45, 2.75) is 46.6 Å². The largest absolute Gasteiger partial charge is 0.329 e. The Kier molecular flexibility index (Phi) is 4.76. The molecule has 0 bridgehead atoms. The van der Waals surface area contributed by atoms with Gasteiger partial charge in [0.15, 0.2) is 0 Å². The van der Waals surface area contributed by atoms with Gasteiger partial charge in [-0.15, -0.1) is 0 Å². The molecular formula is C10H24N2O2S. The van der Waals surface area contributed by atoms with Crippen molar-refractivity contribution in [3.63, 3.8) is 0 Å². The predicted molar refractivity (Wildman–Crippen MR) is 64.1 cm³/mol. The highest BCUT2D eigenvalue weighted by atomic mass is 32.2. The van der Waals surface area contributed by atoms with Gasteiger partial charge in [0.05, 0.1) is 5.75 Å². The van der Waals surface area contributed by atoms with Crippen LogP contribution in [0.2, 0.25) is 0 Å². The molecule has 0 saturated heterocycles. The lowest BCUT2D eigenvalue weighted by molar-refractivity contribution is 0.392. The van der Waals surface area contributed by atoms with Crippen LogP contribution in [0.5, 0.6) is 0 Å². The van der Waals surface area contributed by atoms with Gasteiger partial charge in [0, 0.05) is 12.1 Å². The number of rotatable bonds is 5. The summed E-state index contributed by atoms with van der Waals surface area (Å²) in [5.41, 5.74) is 4.94. The fourth-order valence-corrected chi connectivity index (χ4v) is 2.86. The van der Waals surface area contributed by atoms with Crippen molar-refractivity contribution < 1.29 is 8.42 Å². The van der Waals surface area contributed by atoms with Crippen LogP contribution in [0.15, 0.2) is 0 Å². The van der Waals surface area contributed by atoms with Gasteiger partial charge in [-0.05, 0) is 25.7 Å². The summed E-state index contributed by atoms with van der Waals surface area (Å²) in [7, 11) is -3.21. The first-order valence-corrected chi connectivity index (χ1v) is 6.84. The van der Waals surface area contributed by atoms with E-state index in [0.717, 1.165) is 0 Å². The topological polar surface area (TPSA) is 72.2 Å². The van der Waals surface area contributed by atoms with Crippen LogP contribution < -0.4 is 10.5 Å². The normalized spacial score (nSPS) is 14.3. The Morgan fingerprint density at radius 1 is 1.13 bits per heavy atom. The SMILES string of the molecule is CC(C)(C)CCS(=O)(=O)NC(C)(C)CN. The predicted octanol–water partition coefficient (Wildman–Crippen LogP) is 1.08. The zero-order valence-electron chi connectivity index (χ0n) is 10.4. The van der Waals surface area contributed by atoms with Crippen molar-refractivity contribution in [3.05, 3.63) is 0 Å². The second kappa shape index (κ2) is 4.80. The molecule has 15 heavy (non-hydrogen) atoms. The lowest BCUT2D eigenvalue weighted by Crippen LogP contribution is -2.49. The van der Waals surface area contributed by atoms with Crippen LogP contribution in [0.4, 0.5) is 0 Å². The Bertz CT molecular complexity index is 289. The van der Waals surface area contributed by atoms with Crippen molar-refractivity contribution in [1.29, 1.82) is 0 Å². The van der Waals surface area contributed by atoms with Gasteiger partial charge in [-0.1, -0.05) is 20.8 Å². The monoisotopic (exact) mass is 236 g/mol. The molecule has 0 aromatic heterocycles. The van der Waals surface area contributed by atoms with E-state index in [0.29, 0.717) is 13.0 Å². The van der Waals surface area contributed by atoms with Crippen molar-refractivity contribution in [1.82, 2.24) is 4.72 Å². The van der Waals surface area contributed by atoms with E-state index in [1.165, 1.54) is 0 Å². The first-order valence-electron chi connectivity index (χ1n) is 5.19. The number of nitrogens with two attached hydrogens (primary N) is 1. The molecule has 0 aliphatic heterocycles. The minimum Gasteiger partial charge on any atom is -0.329 e. The summed E-state index contributed by atoms with van der Waals surface area (Å²) in [6, 6.07) is 0. The quantitative estimate of drug-likeness (QED) is 0.750. The molecule has 92 valence electrons. The molecule has 0 aliphatic rings. The van der Waals surface area contributed by atoms with E-state index >= 15 is 0 Å². The molecule has 0 saturated carbocycles. The van der Waals surface area contributed by atoms with Crippen LogP contribution in [0.25, 0.3) is 0 Å². The molecule has 0 spiro atoms. The highest BCUT2D eigenvalue weighted by molar-refractivity contribution is 7.89. The van der Waals surface area contributed by atoms with Gasteiger partial charge in [0.2, 0.25) is 10.0 Å². The molecule has 0 amide bonds. The molecule has 3 N–H and O–H groups in total. The standard InChI is InChI=1S/C10H24N2O2S/c1-9(2,3)6-7-15(13,14)12-10(4,5)8-11/h12H,6-8,11H2,1-5H3. The molecule has 0 aromatic rings. The third-order valence-electron chi connectivity index (χ3n) is 2.06. The van der Waals surface area contributed by atoms with Crippen molar-refractivity contribution in [2.24, 2.45) is 11.1 Å². The Labute approximate surface area is 93.7 Å². The zero-order chi connectivity index (χ0) is 12.3. The Morgan fingerprint density at radius 3 is 1.93 bits per heavy atom. The summed E-state index contributed by atoms with van der Waals surface area (Å²) in [5.74, 6) is 0.153. The second-order valence-corrected chi connectivity index (χ2v) is 7.66. The van der Waals surface area contributed by atoms with Gasteiger partial charge in [0.1, 0.15) is 0 Å². The summed E-state index contributed by atoms with van der Waals surface area (Å²) < 4.78 is 26.0.